The third kappa shape index (κ3) is 4.08. The van der Waals surface area contributed by atoms with E-state index in [2.05, 4.69) is 133 Å². The molecule has 8 aromatic rings. The molecule has 1 atom stereocenters. The molecule has 3 nitrogen and oxygen atoms in total. The molecule has 0 spiro atoms. The number of hydrogen-bond acceptors (Lipinski definition) is 5. The Labute approximate surface area is 263 Å². The summed E-state index contributed by atoms with van der Waals surface area (Å²) in [7, 11) is 0. The Balaban J connectivity index is 1.19. The molecular weight excluding hydrogens is 575 g/mol. The first-order valence-electron chi connectivity index (χ1n) is 15.0. The fourth-order valence-corrected chi connectivity index (χ4v) is 8.78. The molecule has 0 aliphatic heterocycles. The van der Waals surface area contributed by atoms with Crippen LogP contribution in [0.1, 0.15) is 29.7 Å². The van der Waals surface area contributed by atoms with Gasteiger partial charge in [-0.3, -0.25) is 4.90 Å². The van der Waals surface area contributed by atoms with Crippen molar-refractivity contribution in [1.82, 2.24) is 9.97 Å². The molecule has 0 radical (unpaired) electrons. The number of nitrogens with zero attached hydrogens (tertiary/aromatic N) is 3. The van der Waals surface area contributed by atoms with Crippen molar-refractivity contribution in [2.24, 2.45) is 0 Å². The van der Waals surface area contributed by atoms with E-state index in [0.29, 0.717) is 11.9 Å². The van der Waals surface area contributed by atoms with Crippen molar-refractivity contribution in [3.8, 4) is 11.1 Å². The molecule has 9 rings (SSSR count). The van der Waals surface area contributed by atoms with E-state index in [9.17, 15) is 0 Å². The highest BCUT2D eigenvalue weighted by Gasteiger charge is 2.23. The van der Waals surface area contributed by atoms with Gasteiger partial charge in [-0.05, 0) is 65.3 Å². The lowest BCUT2D eigenvalue weighted by atomic mass is 9.96. The highest BCUT2D eigenvalue weighted by atomic mass is 32.1. The maximum absolute atomic E-state index is 5.26. The third-order valence-electron chi connectivity index (χ3n) is 8.75. The second kappa shape index (κ2) is 10.1. The fourth-order valence-electron chi connectivity index (χ4n) is 6.53. The van der Waals surface area contributed by atoms with Crippen LogP contribution in [0.3, 0.4) is 0 Å². The molecule has 1 aliphatic rings. The predicted octanol–water partition coefficient (Wildman–Crippen LogP) is 11.9. The average molecular weight is 602 g/mol. The van der Waals surface area contributed by atoms with Crippen LogP contribution >= 0.6 is 22.7 Å². The van der Waals surface area contributed by atoms with Crippen LogP contribution in [0, 0.1) is 0 Å². The van der Waals surface area contributed by atoms with E-state index in [0.717, 1.165) is 28.0 Å². The summed E-state index contributed by atoms with van der Waals surface area (Å²) in [5, 5.41) is 4.99. The zero-order chi connectivity index (χ0) is 29.2. The summed E-state index contributed by atoms with van der Waals surface area (Å²) in [6.07, 6.45) is 7.60. The van der Waals surface area contributed by atoms with Gasteiger partial charge in [0.15, 0.2) is 0 Å². The third-order valence-corrected chi connectivity index (χ3v) is 11.3. The molecule has 44 heavy (non-hydrogen) atoms. The van der Waals surface area contributed by atoms with Gasteiger partial charge in [-0.15, -0.1) is 22.7 Å². The van der Waals surface area contributed by atoms with Crippen molar-refractivity contribution >= 4 is 87.2 Å². The van der Waals surface area contributed by atoms with Crippen LogP contribution in [0.25, 0.3) is 58.4 Å². The smallest absolute Gasteiger partial charge is 0.235 e. The summed E-state index contributed by atoms with van der Waals surface area (Å²) in [5.41, 5.74) is 6.78. The van der Waals surface area contributed by atoms with Crippen molar-refractivity contribution in [1.29, 1.82) is 0 Å². The van der Waals surface area contributed by atoms with Crippen molar-refractivity contribution in [2.45, 2.75) is 19.3 Å². The molecule has 0 saturated carbocycles. The molecule has 3 aromatic heterocycles. The first kappa shape index (κ1) is 25.6. The highest BCUT2D eigenvalue weighted by Crippen LogP contribution is 2.43. The van der Waals surface area contributed by atoms with Gasteiger partial charge in [-0.25, -0.2) is 9.97 Å². The maximum atomic E-state index is 5.26. The predicted molar refractivity (Wildman–Crippen MR) is 190 cm³/mol. The molecule has 1 aliphatic carbocycles. The van der Waals surface area contributed by atoms with Gasteiger partial charge in [0, 0.05) is 41.7 Å². The minimum absolute atomic E-state index is 0.505. The Bertz CT molecular complexity index is 2390. The molecular formula is C39H27N3S2. The number of benzene rings is 5. The van der Waals surface area contributed by atoms with E-state index in [1.165, 1.54) is 52.5 Å². The molecule has 0 fully saturated rings. The van der Waals surface area contributed by atoms with Crippen LogP contribution < -0.4 is 4.90 Å². The Morgan fingerprint density at radius 2 is 1.48 bits per heavy atom. The lowest BCUT2D eigenvalue weighted by Crippen LogP contribution is -2.13. The molecule has 0 N–H and O–H groups in total. The van der Waals surface area contributed by atoms with E-state index in [1.54, 1.807) is 0 Å². The van der Waals surface area contributed by atoms with Gasteiger partial charge in [0.2, 0.25) is 5.95 Å². The summed E-state index contributed by atoms with van der Waals surface area (Å²) in [6.45, 7) is 2.30. The van der Waals surface area contributed by atoms with E-state index in [1.807, 2.05) is 28.9 Å². The summed E-state index contributed by atoms with van der Waals surface area (Å²) in [5.74, 6) is 1.19. The van der Waals surface area contributed by atoms with E-state index < -0.39 is 0 Å². The number of anilines is 3. The zero-order valence-electron chi connectivity index (χ0n) is 24.1. The van der Waals surface area contributed by atoms with Crippen LogP contribution in [0.5, 0.6) is 0 Å². The lowest BCUT2D eigenvalue weighted by molar-refractivity contribution is 0.790. The molecule has 5 heteroatoms. The number of fused-ring (bicyclic) bond motifs is 7. The monoisotopic (exact) mass is 601 g/mol. The van der Waals surface area contributed by atoms with Gasteiger partial charge < -0.3 is 0 Å². The maximum Gasteiger partial charge on any atom is 0.235 e. The van der Waals surface area contributed by atoms with Crippen molar-refractivity contribution in [3.05, 3.63) is 132 Å². The van der Waals surface area contributed by atoms with Gasteiger partial charge in [0.05, 0.1) is 22.1 Å². The van der Waals surface area contributed by atoms with Crippen molar-refractivity contribution < 1.29 is 0 Å². The Hall–Kier alpha value is -4.84. The molecule has 0 saturated heterocycles. The van der Waals surface area contributed by atoms with Gasteiger partial charge >= 0.3 is 0 Å². The van der Waals surface area contributed by atoms with Gasteiger partial charge in [-0.2, -0.15) is 0 Å². The second-order valence-electron chi connectivity index (χ2n) is 11.5. The van der Waals surface area contributed by atoms with E-state index in [4.69, 9.17) is 9.97 Å². The van der Waals surface area contributed by atoms with Crippen LogP contribution in [-0.4, -0.2) is 9.97 Å². The van der Waals surface area contributed by atoms with Gasteiger partial charge in [-0.1, -0.05) is 91.9 Å². The lowest BCUT2D eigenvalue weighted by Gasteiger charge is -2.25. The van der Waals surface area contributed by atoms with Gasteiger partial charge in [0.1, 0.15) is 0 Å². The van der Waals surface area contributed by atoms with Crippen LogP contribution in [0.15, 0.2) is 121 Å². The fraction of sp³-hybridized carbons (Fsp3) is 0.0769. The first-order valence-corrected chi connectivity index (χ1v) is 16.6. The van der Waals surface area contributed by atoms with Crippen molar-refractivity contribution in [3.63, 3.8) is 0 Å². The van der Waals surface area contributed by atoms with Crippen LogP contribution in [-0.2, 0) is 0 Å². The Morgan fingerprint density at radius 1 is 0.705 bits per heavy atom. The number of rotatable bonds is 4. The SMILES string of the molecule is CC1CC=Cc2c1sc1cnc(N(c3ccc(-c4ccc5sc6ccccc6c5c4)cc3)c3cccc4ccccc34)nc21. The minimum atomic E-state index is 0.505. The van der Waals surface area contributed by atoms with Crippen LogP contribution in [0.4, 0.5) is 17.3 Å². The van der Waals surface area contributed by atoms with Crippen LogP contribution in [0.2, 0.25) is 0 Å². The molecule has 0 amide bonds. The summed E-state index contributed by atoms with van der Waals surface area (Å²) in [6, 6.07) is 39.3. The van der Waals surface area contributed by atoms with Gasteiger partial charge in [0.25, 0.3) is 0 Å². The Kier molecular flexibility index (Phi) is 5.90. The largest absolute Gasteiger partial charge is 0.279 e. The van der Waals surface area contributed by atoms with E-state index in [-0.39, 0.29) is 0 Å². The summed E-state index contributed by atoms with van der Waals surface area (Å²) >= 11 is 3.68. The number of hydrogen-bond donors (Lipinski definition) is 0. The highest BCUT2D eigenvalue weighted by molar-refractivity contribution is 7.25. The standard InChI is InChI=1S/C39H27N3S2/c1-24-8-6-13-31-37-36(44-38(24)31)23-40-39(41-37)42(33-14-7-10-26-9-2-3-11-29(26)33)28-19-16-25(17-20-28)27-18-21-35-32(22-27)30-12-4-5-15-34(30)43-35/h2-7,9-24H,8H2,1H3. The zero-order valence-corrected chi connectivity index (χ0v) is 25.7. The molecule has 3 heterocycles. The topological polar surface area (TPSA) is 29.0 Å². The number of allylic oxidation sites excluding steroid dienone is 1. The summed E-state index contributed by atoms with van der Waals surface area (Å²) < 4.78 is 3.79. The first-order chi connectivity index (χ1) is 21.7. The Morgan fingerprint density at radius 3 is 2.39 bits per heavy atom. The number of aromatic nitrogens is 2. The van der Waals surface area contributed by atoms with Crippen molar-refractivity contribution in [2.75, 3.05) is 4.90 Å². The molecule has 5 aromatic carbocycles. The molecule has 1 unspecified atom stereocenters. The normalized spacial score (nSPS) is 14.5. The molecule has 210 valence electrons. The quantitative estimate of drug-likeness (QED) is 0.201. The average Bonchev–Trinajstić information content (AvgIpc) is 3.64. The second-order valence-corrected chi connectivity index (χ2v) is 13.7. The number of thiophene rings is 2. The van der Waals surface area contributed by atoms with E-state index >= 15 is 0 Å². The minimum Gasteiger partial charge on any atom is -0.279 e. The molecule has 0 bridgehead atoms. The summed E-state index contributed by atoms with van der Waals surface area (Å²) in [4.78, 5) is 13.8.